The third-order valence-corrected chi connectivity index (χ3v) is 2.82. The van der Waals surface area contributed by atoms with E-state index in [4.69, 9.17) is 4.74 Å². The second-order valence-electron chi connectivity index (χ2n) is 4.06. The third kappa shape index (κ3) is 3.00. The Morgan fingerprint density at radius 3 is 2.95 bits per heavy atom. The molecule has 7 heteroatoms. The van der Waals surface area contributed by atoms with E-state index >= 15 is 0 Å². The van der Waals surface area contributed by atoms with Crippen LogP contribution in [0.1, 0.15) is 10.5 Å². The molecule has 0 spiro atoms. The van der Waals surface area contributed by atoms with E-state index in [2.05, 4.69) is 9.72 Å². The van der Waals surface area contributed by atoms with Gasteiger partial charge in [-0.3, -0.25) is 9.59 Å². The Morgan fingerprint density at radius 1 is 1.47 bits per heavy atom. The smallest absolute Gasteiger partial charge is 0.336 e. The Bertz CT molecular complexity index is 539. The quantitative estimate of drug-likeness (QED) is 0.721. The Labute approximate surface area is 109 Å². The first kappa shape index (κ1) is 13.3. The molecule has 1 fully saturated rings. The molecule has 1 aliphatic rings. The number of nitrogens with one attached hydrogen (secondary N) is 1. The number of carbonyl (C=O) groups is 2. The van der Waals surface area contributed by atoms with Crippen molar-refractivity contribution in [1.29, 1.82) is 0 Å². The lowest BCUT2D eigenvalue weighted by Crippen LogP contribution is -2.49. The van der Waals surface area contributed by atoms with Crippen molar-refractivity contribution in [2.75, 3.05) is 26.8 Å². The van der Waals surface area contributed by atoms with Crippen LogP contribution >= 0.6 is 0 Å². The molecule has 1 saturated heterocycles. The van der Waals surface area contributed by atoms with Crippen molar-refractivity contribution in [1.82, 2.24) is 9.88 Å². The molecule has 7 nitrogen and oxygen atoms in total. The van der Waals surface area contributed by atoms with Gasteiger partial charge in [-0.1, -0.05) is 6.07 Å². The second kappa shape index (κ2) is 5.66. The molecular weight excluding hydrogens is 252 g/mol. The zero-order chi connectivity index (χ0) is 13.8. The third-order valence-electron chi connectivity index (χ3n) is 2.82. The van der Waals surface area contributed by atoms with Gasteiger partial charge in [0.2, 0.25) is 5.56 Å². The fourth-order valence-corrected chi connectivity index (χ4v) is 1.85. The van der Waals surface area contributed by atoms with Crippen LogP contribution in [0.15, 0.2) is 23.0 Å². The van der Waals surface area contributed by atoms with E-state index < -0.39 is 12.1 Å². The number of rotatable bonds is 2. The van der Waals surface area contributed by atoms with Gasteiger partial charge in [0.25, 0.3) is 5.91 Å². The lowest BCUT2D eigenvalue weighted by atomic mass is 10.2. The molecule has 0 saturated carbocycles. The van der Waals surface area contributed by atoms with Crippen molar-refractivity contribution < 1.29 is 19.1 Å². The molecule has 1 aromatic heterocycles. The molecule has 1 atom stereocenters. The van der Waals surface area contributed by atoms with E-state index in [1.807, 2.05) is 0 Å². The molecule has 0 radical (unpaired) electrons. The molecule has 0 bridgehead atoms. The molecule has 0 aliphatic carbocycles. The Morgan fingerprint density at radius 2 is 2.26 bits per heavy atom. The summed E-state index contributed by atoms with van der Waals surface area (Å²) in [6.45, 7) is 0.730. The summed E-state index contributed by atoms with van der Waals surface area (Å²) >= 11 is 0. The molecule has 1 aromatic rings. The molecule has 102 valence electrons. The van der Waals surface area contributed by atoms with E-state index in [1.54, 1.807) is 0 Å². The first-order valence-electron chi connectivity index (χ1n) is 5.80. The fourth-order valence-electron chi connectivity index (χ4n) is 1.85. The molecule has 2 heterocycles. The molecule has 1 aliphatic heterocycles. The van der Waals surface area contributed by atoms with Gasteiger partial charge in [-0.25, -0.2) is 4.79 Å². The molecular formula is C12H14N2O5. The number of pyridine rings is 1. The average molecular weight is 266 g/mol. The number of hydrogen-bond donors (Lipinski definition) is 1. The van der Waals surface area contributed by atoms with Crippen LogP contribution in [0.4, 0.5) is 0 Å². The number of amides is 1. The van der Waals surface area contributed by atoms with Crippen molar-refractivity contribution in [3.8, 4) is 0 Å². The monoisotopic (exact) mass is 266 g/mol. The van der Waals surface area contributed by atoms with Gasteiger partial charge in [0.1, 0.15) is 5.69 Å². The number of nitrogens with zero attached hydrogens (tertiary/aromatic N) is 1. The summed E-state index contributed by atoms with van der Waals surface area (Å²) in [7, 11) is 1.27. The highest BCUT2D eigenvalue weighted by Gasteiger charge is 2.30. The minimum absolute atomic E-state index is 0.114. The maximum absolute atomic E-state index is 12.2. The largest absolute Gasteiger partial charge is 0.467 e. The van der Waals surface area contributed by atoms with Crippen molar-refractivity contribution in [3.63, 3.8) is 0 Å². The van der Waals surface area contributed by atoms with E-state index in [1.165, 1.54) is 30.2 Å². The van der Waals surface area contributed by atoms with Gasteiger partial charge in [0, 0.05) is 12.6 Å². The molecule has 0 aromatic carbocycles. The molecule has 1 unspecified atom stereocenters. The summed E-state index contributed by atoms with van der Waals surface area (Å²) in [4.78, 5) is 38.6. The first-order chi connectivity index (χ1) is 9.11. The number of H-pyrrole nitrogens is 1. The first-order valence-corrected chi connectivity index (χ1v) is 5.80. The lowest BCUT2D eigenvalue weighted by molar-refractivity contribution is -0.158. The van der Waals surface area contributed by atoms with Gasteiger partial charge in [-0.15, -0.1) is 0 Å². The topological polar surface area (TPSA) is 88.7 Å². The highest BCUT2D eigenvalue weighted by molar-refractivity contribution is 5.92. The van der Waals surface area contributed by atoms with Crippen molar-refractivity contribution >= 4 is 11.9 Å². The van der Waals surface area contributed by atoms with Gasteiger partial charge >= 0.3 is 5.97 Å². The number of carbonyl (C=O) groups excluding carboxylic acids is 2. The average Bonchev–Trinajstić information content (AvgIpc) is 2.45. The number of hydrogen-bond acceptors (Lipinski definition) is 5. The molecule has 1 amide bonds. The molecule has 1 N–H and O–H groups in total. The summed E-state index contributed by atoms with van der Waals surface area (Å²) < 4.78 is 9.81. The standard InChI is InChI=1S/C12H14N2O5/c1-18-12(17)9-7-14(5-6-19-9)11(16)8-3-2-4-10(15)13-8/h2-4,9H,5-7H2,1H3,(H,13,15). The SMILES string of the molecule is COC(=O)C1CN(C(=O)c2cccc(=O)[nH]2)CCO1. The minimum Gasteiger partial charge on any atom is -0.467 e. The van der Waals surface area contributed by atoms with Crippen molar-refractivity contribution in [2.24, 2.45) is 0 Å². The predicted molar refractivity (Wildman–Crippen MR) is 64.7 cm³/mol. The zero-order valence-electron chi connectivity index (χ0n) is 10.4. The fraction of sp³-hybridized carbons (Fsp3) is 0.417. The van der Waals surface area contributed by atoms with Gasteiger partial charge in [0.15, 0.2) is 6.10 Å². The van der Waals surface area contributed by atoms with E-state index in [0.29, 0.717) is 6.54 Å². The van der Waals surface area contributed by atoms with E-state index in [0.717, 1.165) is 0 Å². The second-order valence-corrected chi connectivity index (χ2v) is 4.06. The van der Waals surface area contributed by atoms with Gasteiger partial charge in [-0.2, -0.15) is 0 Å². The number of aromatic amines is 1. The van der Waals surface area contributed by atoms with Crippen LogP contribution in [0, 0.1) is 0 Å². The Balaban J connectivity index is 2.11. The number of methoxy groups -OCH3 is 1. The van der Waals surface area contributed by atoms with Crippen molar-refractivity contribution in [2.45, 2.75) is 6.10 Å². The summed E-state index contributed by atoms with van der Waals surface area (Å²) in [6, 6.07) is 4.35. The summed E-state index contributed by atoms with van der Waals surface area (Å²) in [5.74, 6) is -0.853. The normalized spacial score (nSPS) is 19.0. The van der Waals surface area contributed by atoms with Gasteiger partial charge in [-0.05, 0) is 6.07 Å². The molecule has 2 rings (SSSR count). The number of ether oxygens (including phenoxy) is 2. The van der Waals surface area contributed by atoms with E-state index in [-0.39, 0.29) is 30.3 Å². The van der Waals surface area contributed by atoms with Crippen molar-refractivity contribution in [3.05, 3.63) is 34.2 Å². The van der Waals surface area contributed by atoms with Crippen LogP contribution in [-0.2, 0) is 14.3 Å². The maximum Gasteiger partial charge on any atom is 0.336 e. The Hall–Kier alpha value is -2.15. The van der Waals surface area contributed by atoms with Crippen LogP contribution in [-0.4, -0.2) is 54.7 Å². The summed E-state index contributed by atoms with van der Waals surface area (Å²) in [5.41, 5.74) is -0.151. The van der Waals surface area contributed by atoms with Crippen LogP contribution in [0.25, 0.3) is 0 Å². The van der Waals surface area contributed by atoms with Crippen LogP contribution in [0.2, 0.25) is 0 Å². The predicted octanol–water partition coefficient (Wildman–Crippen LogP) is -0.611. The van der Waals surface area contributed by atoms with Crippen LogP contribution < -0.4 is 5.56 Å². The number of morpholine rings is 1. The van der Waals surface area contributed by atoms with Gasteiger partial charge < -0.3 is 19.4 Å². The number of esters is 1. The summed E-state index contributed by atoms with van der Waals surface area (Å²) in [6.07, 6.45) is -0.780. The van der Waals surface area contributed by atoms with Crippen LogP contribution in [0.5, 0.6) is 0 Å². The lowest BCUT2D eigenvalue weighted by Gasteiger charge is -2.31. The maximum atomic E-state index is 12.2. The number of aromatic nitrogens is 1. The Kier molecular flexibility index (Phi) is 3.96. The van der Waals surface area contributed by atoms with Gasteiger partial charge in [0.05, 0.1) is 20.3 Å². The van der Waals surface area contributed by atoms with Crippen LogP contribution in [0.3, 0.4) is 0 Å². The zero-order valence-corrected chi connectivity index (χ0v) is 10.4. The highest BCUT2D eigenvalue weighted by atomic mass is 16.6. The minimum atomic E-state index is -0.780. The molecule has 19 heavy (non-hydrogen) atoms. The van der Waals surface area contributed by atoms with E-state index in [9.17, 15) is 14.4 Å². The summed E-state index contributed by atoms with van der Waals surface area (Å²) in [5, 5.41) is 0. The highest BCUT2D eigenvalue weighted by Crippen LogP contribution is 2.09.